The first-order valence-electron chi connectivity index (χ1n) is 6.95. The maximum atomic E-state index is 10.9. The average molecular weight is 260 g/mol. The number of piperidine rings is 2. The molecule has 4 aliphatic heterocycles. The van der Waals surface area contributed by atoms with E-state index in [1.807, 2.05) is 24.5 Å². The van der Waals surface area contributed by atoms with Gasteiger partial charge in [-0.1, -0.05) is 0 Å². The molecule has 4 fully saturated rings. The third-order valence-corrected chi connectivity index (χ3v) is 5.10. The van der Waals surface area contributed by atoms with E-state index in [0.29, 0.717) is 0 Å². The molecular formula is C14H20N4O. The van der Waals surface area contributed by atoms with Gasteiger partial charge in [-0.2, -0.15) is 0 Å². The fourth-order valence-electron chi connectivity index (χ4n) is 4.36. The zero-order valence-corrected chi connectivity index (χ0v) is 11.0. The van der Waals surface area contributed by atoms with E-state index in [0.717, 1.165) is 39.3 Å². The molecule has 5 nitrogen and oxygen atoms in total. The number of aliphatic hydroxyl groups excluding tert-OH is 1. The number of nitrogens with zero attached hydrogens (tertiary/aromatic N) is 3. The van der Waals surface area contributed by atoms with Crippen LogP contribution in [0, 0.1) is 0 Å². The molecule has 3 unspecified atom stereocenters. The highest BCUT2D eigenvalue weighted by Crippen LogP contribution is 2.43. The third-order valence-electron chi connectivity index (χ3n) is 5.10. The Hall–Kier alpha value is -1.01. The number of rotatable bonds is 1. The van der Waals surface area contributed by atoms with Crippen molar-refractivity contribution >= 4 is 0 Å². The van der Waals surface area contributed by atoms with E-state index in [1.165, 1.54) is 5.56 Å². The second kappa shape index (κ2) is 3.76. The molecule has 19 heavy (non-hydrogen) atoms. The highest BCUT2D eigenvalue weighted by Gasteiger charge is 2.60. The molecule has 5 rings (SSSR count). The van der Waals surface area contributed by atoms with Gasteiger partial charge in [0.15, 0.2) is 0 Å². The lowest BCUT2D eigenvalue weighted by Gasteiger charge is -2.58. The van der Waals surface area contributed by atoms with Gasteiger partial charge in [0, 0.05) is 57.1 Å². The molecule has 3 atom stereocenters. The van der Waals surface area contributed by atoms with E-state index >= 15 is 0 Å². The Morgan fingerprint density at radius 3 is 2.26 bits per heavy atom. The standard InChI is InChI=1S/C14H20N4O/c15-14-9-17-5-6-18(10-14)8-13(7-17,12(14)19)11-1-3-16-4-2-11/h1-4,12,19H,5-10,15H2. The van der Waals surface area contributed by atoms with Crippen molar-refractivity contribution in [3.05, 3.63) is 30.1 Å². The van der Waals surface area contributed by atoms with Crippen LogP contribution < -0.4 is 5.73 Å². The lowest BCUT2D eigenvalue weighted by Crippen LogP contribution is -2.78. The molecule has 0 amide bonds. The molecule has 1 aromatic rings. The van der Waals surface area contributed by atoms with E-state index < -0.39 is 11.6 Å². The van der Waals surface area contributed by atoms with Gasteiger partial charge in [0.05, 0.1) is 11.6 Å². The Morgan fingerprint density at radius 2 is 1.68 bits per heavy atom. The predicted molar refractivity (Wildman–Crippen MR) is 71.7 cm³/mol. The second-order valence-corrected chi connectivity index (χ2v) is 6.45. The van der Waals surface area contributed by atoms with Gasteiger partial charge in [0.25, 0.3) is 0 Å². The second-order valence-electron chi connectivity index (χ2n) is 6.45. The first-order valence-corrected chi connectivity index (χ1v) is 6.95. The highest BCUT2D eigenvalue weighted by molar-refractivity contribution is 5.33. The first kappa shape index (κ1) is 11.8. The quantitative estimate of drug-likeness (QED) is 0.680. The minimum absolute atomic E-state index is 0.259. The smallest absolute Gasteiger partial charge is 0.0865 e. The van der Waals surface area contributed by atoms with Crippen LogP contribution >= 0.6 is 0 Å². The van der Waals surface area contributed by atoms with Gasteiger partial charge in [-0.3, -0.25) is 14.8 Å². The molecule has 102 valence electrons. The number of aromatic nitrogens is 1. The molecule has 4 aliphatic rings. The van der Waals surface area contributed by atoms with E-state index in [2.05, 4.69) is 14.8 Å². The summed E-state index contributed by atoms with van der Waals surface area (Å²) in [6.07, 6.45) is 3.14. The summed E-state index contributed by atoms with van der Waals surface area (Å²) >= 11 is 0. The minimum Gasteiger partial charge on any atom is -0.390 e. The van der Waals surface area contributed by atoms with Crippen molar-refractivity contribution in [2.45, 2.75) is 17.1 Å². The molecular weight excluding hydrogens is 240 g/mol. The maximum absolute atomic E-state index is 10.9. The van der Waals surface area contributed by atoms with E-state index in [4.69, 9.17) is 5.73 Å². The summed E-state index contributed by atoms with van der Waals surface area (Å²) in [5.74, 6) is 0. The lowest BCUT2D eigenvalue weighted by molar-refractivity contribution is -0.0889. The van der Waals surface area contributed by atoms with Crippen LogP contribution in [-0.2, 0) is 5.41 Å². The van der Waals surface area contributed by atoms with Crippen LogP contribution in [-0.4, -0.2) is 70.8 Å². The number of hydrogen-bond acceptors (Lipinski definition) is 5. The topological polar surface area (TPSA) is 65.6 Å². The molecule has 0 radical (unpaired) electrons. The van der Waals surface area contributed by atoms with Gasteiger partial charge in [0.1, 0.15) is 0 Å². The maximum Gasteiger partial charge on any atom is 0.0865 e. The number of fused-ring (bicyclic) bond motifs is 1. The average Bonchev–Trinajstić information content (AvgIpc) is 2.64. The van der Waals surface area contributed by atoms with Gasteiger partial charge in [-0.25, -0.2) is 0 Å². The minimum atomic E-state index is -0.504. The molecule has 5 heteroatoms. The molecule has 0 saturated carbocycles. The number of nitrogens with two attached hydrogens (primary N) is 1. The van der Waals surface area contributed by atoms with Crippen molar-refractivity contribution in [2.24, 2.45) is 5.73 Å². The predicted octanol–water partition coefficient (Wildman–Crippen LogP) is -0.977. The summed E-state index contributed by atoms with van der Waals surface area (Å²) in [4.78, 5) is 8.93. The van der Waals surface area contributed by atoms with E-state index in [-0.39, 0.29) is 5.41 Å². The Morgan fingerprint density at radius 1 is 1.11 bits per heavy atom. The summed E-state index contributed by atoms with van der Waals surface area (Å²) in [6.45, 7) is 5.51. The van der Waals surface area contributed by atoms with Crippen molar-refractivity contribution in [3.8, 4) is 0 Å². The van der Waals surface area contributed by atoms with Crippen molar-refractivity contribution in [1.29, 1.82) is 0 Å². The fraction of sp³-hybridized carbons (Fsp3) is 0.643. The zero-order valence-electron chi connectivity index (χ0n) is 11.0. The van der Waals surface area contributed by atoms with Crippen molar-refractivity contribution in [1.82, 2.24) is 14.8 Å². The molecule has 0 aromatic carbocycles. The van der Waals surface area contributed by atoms with Gasteiger partial charge >= 0.3 is 0 Å². The van der Waals surface area contributed by atoms with Gasteiger partial charge in [-0.05, 0) is 17.7 Å². The summed E-state index contributed by atoms with van der Waals surface area (Å²) in [5, 5.41) is 10.9. The van der Waals surface area contributed by atoms with Gasteiger partial charge in [-0.15, -0.1) is 0 Å². The molecule has 4 bridgehead atoms. The van der Waals surface area contributed by atoms with Crippen LogP contribution in [0.4, 0.5) is 0 Å². The van der Waals surface area contributed by atoms with Gasteiger partial charge < -0.3 is 10.8 Å². The first-order chi connectivity index (χ1) is 9.12. The Bertz CT molecular complexity index is 475. The molecule has 0 aliphatic carbocycles. The number of aliphatic hydroxyl groups is 1. The number of pyridine rings is 1. The molecule has 1 aromatic heterocycles. The van der Waals surface area contributed by atoms with E-state index in [1.54, 1.807) is 0 Å². The fourth-order valence-corrected chi connectivity index (χ4v) is 4.36. The van der Waals surface area contributed by atoms with Crippen LogP contribution in [0.1, 0.15) is 5.56 Å². The summed E-state index contributed by atoms with van der Waals surface area (Å²) < 4.78 is 0. The molecule has 4 saturated heterocycles. The van der Waals surface area contributed by atoms with Crippen LogP contribution in [0.3, 0.4) is 0 Å². The summed E-state index contributed by atoms with van der Waals surface area (Å²) in [5.41, 5.74) is 6.94. The van der Waals surface area contributed by atoms with E-state index in [9.17, 15) is 5.11 Å². The zero-order chi connectivity index (χ0) is 13.1. The van der Waals surface area contributed by atoms with Gasteiger partial charge in [0.2, 0.25) is 0 Å². The Labute approximate surface area is 113 Å². The van der Waals surface area contributed by atoms with Crippen molar-refractivity contribution in [3.63, 3.8) is 0 Å². The monoisotopic (exact) mass is 260 g/mol. The number of hydrogen-bond donors (Lipinski definition) is 2. The third kappa shape index (κ3) is 1.53. The molecule has 0 spiro atoms. The SMILES string of the molecule is NC12CN3CCN(C1)CC(c1ccncc1)(C3)C2O. The van der Waals surface area contributed by atoms with Crippen molar-refractivity contribution < 1.29 is 5.11 Å². The molecule has 5 heterocycles. The largest absolute Gasteiger partial charge is 0.390 e. The van der Waals surface area contributed by atoms with Crippen LogP contribution in [0.2, 0.25) is 0 Å². The summed E-state index contributed by atoms with van der Waals surface area (Å²) in [6, 6.07) is 4.06. The highest BCUT2D eigenvalue weighted by atomic mass is 16.3. The lowest BCUT2D eigenvalue weighted by atomic mass is 9.63. The normalized spacial score (nSPS) is 48.2. The van der Waals surface area contributed by atoms with Crippen molar-refractivity contribution in [2.75, 3.05) is 39.3 Å². The Kier molecular flexibility index (Phi) is 2.33. The molecule has 3 N–H and O–H groups in total. The van der Waals surface area contributed by atoms with Crippen LogP contribution in [0.15, 0.2) is 24.5 Å². The van der Waals surface area contributed by atoms with Crippen LogP contribution in [0.5, 0.6) is 0 Å². The van der Waals surface area contributed by atoms with Crippen LogP contribution in [0.25, 0.3) is 0 Å². The Balaban J connectivity index is 1.87. The summed E-state index contributed by atoms with van der Waals surface area (Å²) in [7, 11) is 0.